The van der Waals surface area contributed by atoms with E-state index in [0.717, 1.165) is 5.56 Å². The molecule has 0 saturated carbocycles. The molecule has 1 unspecified atom stereocenters. The quantitative estimate of drug-likeness (QED) is 0.518. The molecule has 0 aliphatic rings. The fraction of sp³-hybridized carbons (Fsp3) is 0.208. The molecule has 0 aromatic heterocycles. The summed E-state index contributed by atoms with van der Waals surface area (Å²) < 4.78 is 33.1. The number of ether oxygens (including phenoxy) is 1. The predicted molar refractivity (Wildman–Crippen MR) is 122 cm³/mol. The predicted octanol–water partition coefficient (Wildman–Crippen LogP) is 4.42. The van der Waals surface area contributed by atoms with Crippen molar-refractivity contribution in [2.75, 3.05) is 17.9 Å². The molecule has 3 aromatic carbocycles. The van der Waals surface area contributed by atoms with Crippen LogP contribution in [0.15, 0.2) is 83.8 Å². The van der Waals surface area contributed by atoms with Crippen LogP contribution in [0.5, 0.6) is 5.75 Å². The van der Waals surface area contributed by atoms with Crippen LogP contribution in [0.2, 0.25) is 0 Å². The summed E-state index contributed by atoms with van der Waals surface area (Å²) >= 11 is 0. The molecule has 0 aliphatic carbocycles. The Kier molecular flexibility index (Phi) is 7.31. The first-order chi connectivity index (χ1) is 14.9. The normalized spacial score (nSPS) is 12.1. The molecule has 6 nitrogen and oxygen atoms in total. The van der Waals surface area contributed by atoms with Gasteiger partial charge < -0.3 is 10.1 Å². The van der Waals surface area contributed by atoms with Gasteiger partial charge in [0, 0.05) is 17.8 Å². The van der Waals surface area contributed by atoms with E-state index >= 15 is 0 Å². The third-order valence-electron chi connectivity index (χ3n) is 4.78. The minimum absolute atomic E-state index is 0.0792. The molecule has 0 spiro atoms. The second kappa shape index (κ2) is 10.1. The summed E-state index contributed by atoms with van der Waals surface area (Å²) in [6.07, 6.45) is 0. The van der Waals surface area contributed by atoms with Crippen LogP contribution in [0.3, 0.4) is 0 Å². The molecule has 1 atom stereocenters. The number of amides is 1. The molecule has 0 aliphatic heterocycles. The summed E-state index contributed by atoms with van der Waals surface area (Å²) in [6.45, 7) is 4.95. The molecule has 1 amide bonds. The molecular formula is C24H26N2O4S. The van der Waals surface area contributed by atoms with Gasteiger partial charge in [-0.05, 0) is 66.9 Å². The first kappa shape index (κ1) is 22.4. The van der Waals surface area contributed by atoms with Crippen LogP contribution in [0, 0.1) is 0 Å². The Morgan fingerprint density at radius 1 is 0.935 bits per heavy atom. The second-order valence-corrected chi connectivity index (χ2v) is 8.79. The number of benzene rings is 3. The third kappa shape index (κ3) is 6.08. The highest BCUT2D eigenvalue weighted by Gasteiger charge is 2.16. The van der Waals surface area contributed by atoms with E-state index in [1.165, 1.54) is 24.3 Å². The molecule has 31 heavy (non-hydrogen) atoms. The van der Waals surface area contributed by atoms with Crippen molar-refractivity contribution in [1.82, 2.24) is 5.32 Å². The summed E-state index contributed by atoms with van der Waals surface area (Å²) in [5.74, 6) is 0.594. The first-order valence-electron chi connectivity index (χ1n) is 10.1. The van der Waals surface area contributed by atoms with Crippen LogP contribution in [0.1, 0.15) is 35.7 Å². The largest absolute Gasteiger partial charge is 0.494 e. The average molecular weight is 439 g/mol. The van der Waals surface area contributed by atoms with E-state index in [1.54, 1.807) is 24.3 Å². The Bertz CT molecular complexity index is 1100. The number of sulfonamides is 1. The van der Waals surface area contributed by atoms with Crippen molar-refractivity contribution in [3.8, 4) is 5.75 Å². The molecule has 0 radical (unpaired) electrons. The van der Waals surface area contributed by atoms with Crippen molar-refractivity contribution in [3.05, 3.63) is 90.0 Å². The zero-order valence-electron chi connectivity index (χ0n) is 17.5. The number of nitrogens with one attached hydrogen (secondary N) is 2. The summed E-state index contributed by atoms with van der Waals surface area (Å²) in [7, 11) is -3.77. The van der Waals surface area contributed by atoms with E-state index in [4.69, 9.17) is 4.74 Å². The molecule has 162 valence electrons. The van der Waals surface area contributed by atoms with Gasteiger partial charge in [0.25, 0.3) is 15.9 Å². The maximum absolute atomic E-state index is 12.6. The molecular weight excluding hydrogens is 412 g/mol. The Morgan fingerprint density at radius 3 is 2.19 bits per heavy atom. The molecule has 7 heteroatoms. The van der Waals surface area contributed by atoms with E-state index in [2.05, 4.69) is 10.0 Å². The van der Waals surface area contributed by atoms with E-state index in [9.17, 15) is 13.2 Å². The highest BCUT2D eigenvalue weighted by atomic mass is 32.2. The van der Waals surface area contributed by atoms with Gasteiger partial charge in [-0.2, -0.15) is 0 Å². The molecule has 3 rings (SSSR count). The van der Waals surface area contributed by atoms with Gasteiger partial charge >= 0.3 is 0 Å². The zero-order chi connectivity index (χ0) is 22.3. The lowest BCUT2D eigenvalue weighted by atomic mass is 10.0. The minimum Gasteiger partial charge on any atom is -0.494 e. The van der Waals surface area contributed by atoms with E-state index < -0.39 is 10.0 Å². The second-order valence-electron chi connectivity index (χ2n) is 7.11. The van der Waals surface area contributed by atoms with E-state index in [1.807, 2.05) is 44.2 Å². The van der Waals surface area contributed by atoms with Crippen LogP contribution in [-0.4, -0.2) is 27.5 Å². The maximum atomic E-state index is 12.6. The lowest BCUT2D eigenvalue weighted by Crippen LogP contribution is -2.27. The van der Waals surface area contributed by atoms with Crippen LogP contribution in [-0.2, 0) is 10.0 Å². The molecule has 0 bridgehead atoms. The van der Waals surface area contributed by atoms with Crippen LogP contribution in [0.4, 0.5) is 5.69 Å². The maximum Gasteiger partial charge on any atom is 0.261 e. The minimum atomic E-state index is -3.77. The Labute approximate surface area is 183 Å². The molecule has 0 saturated heterocycles. The van der Waals surface area contributed by atoms with Gasteiger partial charge in [0.05, 0.1) is 11.5 Å². The van der Waals surface area contributed by atoms with Gasteiger partial charge in [-0.15, -0.1) is 0 Å². The monoisotopic (exact) mass is 438 g/mol. The number of rotatable bonds is 9. The van der Waals surface area contributed by atoms with Crippen molar-refractivity contribution >= 4 is 21.6 Å². The van der Waals surface area contributed by atoms with Gasteiger partial charge in [-0.25, -0.2) is 8.42 Å². The van der Waals surface area contributed by atoms with Crippen molar-refractivity contribution in [1.29, 1.82) is 0 Å². The first-order valence-corrected chi connectivity index (χ1v) is 11.6. The Balaban J connectivity index is 1.61. The Morgan fingerprint density at radius 2 is 1.58 bits per heavy atom. The van der Waals surface area contributed by atoms with Crippen molar-refractivity contribution < 1.29 is 17.9 Å². The number of carbonyl (C=O) groups excluding carboxylic acids is 1. The fourth-order valence-corrected chi connectivity index (χ4v) is 4.09. The van der Waals surface area contributed by atoms with Crippen molar-refractivity contribution in [2.24, 2.45) is 0 Å². The SMILES string of the molecule is CCOc1ccc(NS(=O)(=O)c2ccc(C(=O)NCC(C)c3ccccc3)cc2)cc1. The molecule has 3 aromatic rings. The summed E-state index contributed by atoms with van der Waals surface area (Å²) in [4.78, 5) is 12.5. The summed E-state index contributed by atoms with van der Waals surface area (Å²) in [5.41, 5.74) is 1.98. The number of hydrogen-bond donors (Lipinski definition) is 2. The highest BCUT2D eigenvalue weighted by molar-refractivity contribution is 7.92. The summed E-state index contributed by atoms with van der Waals surface area (Å²) in [6, 6.07) is 22.5. The number of hydrogen-bond acceptors (Lipinski definition) is 4. The Hall–Kier alpha value is -3.32. The molecule has 2 N–H and O–H groups in total. The fourth-order valence-electron chi connectivity index (χ4n) is 3.03. The van der Waals surface area contributed by atoms with Gasteiger partial charge in [-0.3, -0.25) is 9.52 Å². The number of anilines is 1. The van der Waals surface area contributed by atoms with Gasteiger partial charge in [0.2, 0.25) is 0 Å². The summed E-state index contributed by atoms with van der Waals surface area (Å²) in [5, 5.41) is 2.89. The molecule has 0 fully saturated rings. The van der Waals surface area contributed by atoms with Gasteiger partial charge in [-0.1, -0.05) is 37.3 Å². The van der Waals surface area contributed by atoms with Crippen LogP contribution in [0.25, 0.3) is 0 Å². The zero-order valence-corrected chi connectivity index (χ0v) is 18.4. The standard InChI is InChI=1S/C24H26N2O4S/c1-3-30-22-13-11-21(12-14-22)26-31(28,29)23-15-9-20(10-16-23)24(27)25-17-18(2)19-7-5-4-6-8-19/h4-16,18,26H,3,17H2,1-2H3,(H,25,27). The van der Waals surface area contributed by atoms with Crippen molar-refractivity contribution in [2.45, 2.75) is 24.7 Å². The highest BCUT2D eigenvalue weighted by Crippen LogP contribution is 2.20. The van der Waals surface area contributed by atoms with Gasteiger partial charge in [0.15, 0.2) is 0 Å². The van der Waals surface area contributed by atoms with Crippen LogP contribution >= 0.6 is 0 Å². The smallest absolute Gasteiger partial charge is 0.261 e. The topological polar surface area (TPSA) is 84.5 Å². The lowest BCUT2D eigenvalue weighted by Gasteiger charge is -2.13. The van der Waals surface area contributed by atoms with E-state index in [0.29, 0.717) is 30.2 Å². The average Bonchev–Trinajstić information content (AvgIpc) is 2.79. The number of carbonyl (C=O) groups is 1. The van der Waals surface area contributed by atoms with Gasteiger partial charge in [0.1, 0.15) is 5.75 Å². The molecule has 0 heterocycles. The third-order valence-corrected chi connectivity index (χ3v) is 6.18. The lowest BCUT2D eigenvalue weighted by molar-refractivity contribution is 0.0951. The van der Waals surface area contributed by atoms with E-state index in [-0.39, 0.29) is 16.7 Å². The van der Waals surface area contributed by atoms with Crippen molar-refractivity contribution in [3.63, 3.8) is 0 Å². The van der Waals surface area contributed by atoms with Crippen LogP contribution < -0.4 is 14.8 Å².